The summed E-state index contributed by atoms with van der Waals surface area (Å²) in [5.41, 5.74) is 0.972. The molecule has 3 saturated carbocycles. The van der Waals surface area contributed by atoms with Crippen LogP contribution in [0.3, 0.4) is 0 Å². The van der Waals surface area contributed by atoms with Crippen molar-refractivity contribution >= 4 is 5.78 Å². The molecule has 3 fully saturated rings. The van der Waals surface area contributed by atoms with E-state index < -0.39 is 23.9 Å². The Morgan fingerprint density at radius 2 is 2.09 bits per heavy atom. The van der Waals surface area contributed by atoms with Crippen LogP contribution in [0.15, 0.2) is 11.6 Å². The second-order valence-corrected chi connectivity index (χ2v) is 8.96. The summed E-state index contributed by atoms with van der Waals surface area (Å²) >= 11 is 0. The molecule has 23 heavy (non-hydrogen) atoms. The number of Topliss-reactive ketones (excluding diaryl/α,β-unsaturated/α-hetero) is 1. The number of ketones is 1. The molecule has 2 nitrogen and oxygen atoms in total. The summed E-state index contributed by atoms with van der Waals surface area (Å²) in [7, 11) is 0. The maximum Gasteiger partial charge on any atom is 0.133 e. The highest BCUT2D eigenvalue weighted by atomic mass is 16.3. The van der Waals surface area contributed by atoms with Gasteiger partial charge >= 0.3 is 0 Å². The molecule has 0 aromatic carbocycles. The highest BCUT2D eigenvalue weighted by Gasteiger charge is 2.59. The lowest BCUT2D eigenvalue weighted by molar-refractivity contribution is -0.127. The molecule has 0 aliphatic heterocycles. The van der Waals surface area contributed by atoms with Gasteiger partial charge in [0, 0.05) is 11.4 Å². The third kappa shape index (κ3) is 2.13. The molecule has 0 bridgehead atoms. The normalized spacial score (nSPS) is 58.5. The van der Waals surface area contributed by atoms with Gasteiger partial charge in [0.2, 0.25) is 0 Å². The fraction of sp³-hybridized carbons (Fsp3) is 0.857. The monoisotopic (exact) mass is 320 g/mol. The van der Waals surface area contributed by atoms with Crippen LogP contribution in [0.2, 0.25) is 0 Å². The van der Waals surface area contributed by atoms with Gasteiger partial charge in [0.25, 0.3) is 0 Å². The predicted octanol–water partition coefficient (Wildman–Crippen LogP) is 4.52. The van der Waals surface area contributed by atoms with E-state index in [1.807, 2.05) is 6.92 Å². The van der Waals surface area contributed by atoms with Gasteiger partial charge in [0.1, 0.15) is 5.78 Å². The summed E-state index contributed by atoms with van der Waals surface area (Å²) in [5, 5.41) is 10.1. The van der Waals surface area contributed by atoms with Gasteiger partial charge < -0.3 is 5.11 Å². The minimum atomic E-state index is -2.69. The van der Waals surface area contributed by atoms with Crippen molar-refractivity contribution in [1.29, 1.82) is 0 Å². The van der Waals surface area contributed by atoms with E-state index in [1.165, 1.54) is 5.57 Å². The van der Waals surface area contributed by atoms with Crippen LogP contribution in [0.25, 0.3) is 0 Å². The Balaban J connectivity index is 1.68. The Labute approximate surface area is 146 Å². The fourth-order valence-corrected chi connectivity index (χ4v) is 6.83. The maximum atomic E-state index is 12.7. The molecule has 1 N–H and O–H groups in total. The SMILES string of the molecule is [2H]C([2H])([2H])C(=O)[C@@]1([2H])CC[C@H]2[C@@H]3CC=C4CC(O)CC[C@]4(C)[C@H]3CC[C@@]21C. The molecule has 0 radical (unpaired) electrons. The maximum absolute atomic E-state index is 12.7. The standard InChI is InChI=1S/C21H32O2/c1-13(22)17-6-7-18-16-5-4-14-12-15(23)8-10-20(14,2)19(16)9-11-21(17,18)3/h4,15-19,23H,5-12H2,1-3H3/t15?,16-,17+,18-,19-,20-,21+/m0/s1/i1D3,17D. The molecule has 0 saturated heterocycles. The molecule has 0 aromatic heterocycles. The number of rotatable bonds is 1. The third-order valence-electron chi connectivity index (χ3n) is 8.14. The zero-order valence-corrected chi connectivity index (χ0v) is 14.4. The Morgan fingerprint density at radius 3 is 2.87 bits per heavy atom. The van der Waals surface area contributed by atoms with Gasteiger partial charge in [-0.25, -0.2) is 0 Å². The van der Waals surface area contributed by atoms with Crippen molar-refractivity contribution in [3.63, 3.8) is 0 Å². The second-order valence-electron chi connectivity index (χ2n) is 8.96. The van der Waals surface area contributed by atoms with E-state index in [0.717, 1.165) is 44.9 Å². The Kier molecular flexibility index (Phi) is 2.67. The number of carbonyl (C=O) groups excluding carboxylic acids is 1. The Bertz CT molecular complexity index is 686. The summed E-state index contributed by atoms with van der Waals surface area (Å²) in [6.07, 6.45) is 8.55. The van der Waals surface area contributed by atoms with Crippen molar-refractivity contribution in [2.45, 2.75) is 78.2 Å². The van der Waals surface area contributed by atoms with Crippen molar-refractivity contribution < 1.29 is 15.4 Å². The number of aliphatic hydroxyl groups excluding tert-OH is 1. The second kappa shape index (κ2) is 5.18. The summed E-state index contributed by atoms with van der Waals surface area (Å²) in [6, 6.07) is 0. The van der Waals surface area contributed by atoms with E-state index in [1.54, 1.807) is 0 Å². The number of fused-ring (bicyclic) bond motifs is 5. The smallest absolute Gasteiger partial charge is 0.133 e. The van der Waals surface area contributed by atoms with Crippen LogP contribution in [-0.2, 0) is 4.79 Å². The molecule has 4 rings (SSSR count). The fourth-order valence-electron chi connectivity index (χ4n) is 6.83. The summed E-state index contributed by atoms with van der Waals surface area (Å²) in [4.78, 5) is 12.7. The van der Waals surface area contributed by atoms with Gasteiger partial charge in [0.15, 0.2) is 0 Å². The number of hydrogen-bond acceptors (Lipinski definition) is 2. The number of aliphatic hydroxyl groups is 1. The molecule has 4 aliphatic rings. The van der Waals surface area contributed by atoms with Crippen LogP contribution >= 0.6 is 0 Å². The Morgan fingerprint density at radius 1 is 1.26 bits per heavy atom. The minimum Gasteiger partial charge on any atom is -0.393 e. The predicted molar refractivity (Wildman–Crippen MR) is 91.9 cm³/mol. The minimum absolute atomic E-state index is 0.116. The van der Waals surface area contributed by atoms with Crippen molar-refractivity contribution in [1.82, 2.24) is 0 Å². The molecule has 0 amide bonds. The van der Waals surface area contributed by atoms with E-state index in [9.17, 15) is 9.90 Å². The number of carbonyl (C=O) groups is 1. The zero-order valence-electron chi connectivity index (χ0n) is 18.4. The summed E-state index contributed by atoms with van der Waals surface area (Å²) < 4.78 is 31.8. The van der Waals surface area contributed by atoms with Gasteiger partial charge in [-0.1, -0.05) is 25.5 Å². The van der Waals surface area contributed by atoms with Gasteiger partial charge in [-0.15, -0.1) is 0 Å². The number of allylic oxidation sites excluding steroid dienone is 1. The van der Waals surface area contributed by atoms with E-state index in [2.05, 4.69) is 13.0 Å². The van der Waals surface area contributed by atoms with Crippen LogP contribution in [0.5, 0.6) is 0 Å². The lowest BCUT2D eigenvalue weighted by Crippen LogP contribution is -2.50. The van der Waals surface area contributed by atoms with Gasteiger partial charge in [-0.05, 0) is 86.8 Å². The molecule has 4 aliphatic carbocycles. The summed E-state index contributed by atoms with van der Waals surface area (Å²) in [5.74, 6) is -1.15. The largest absolute Gasteiger partial charge is 0.393 e. The first-order valence-corrected chi connectivity index (χ1v) is 9.36. The molecule has 128 valence electrons. The molecule has 0 heterocycles. The molecule has 2 heteroatoms. The quantitative estimate of drug-likeness (QED) is 0.722. The molecule has 0 aromatic rings. The van der Waals surface area contributed by atoms with Crippen LogP contribution in [0.4, 0.5) is 0 Å². The first-order valence-electron chi connectivity index (χ1n) is 11.4. The van der Waals surface area contributed by atoms with Crippen molar-refractivity contribution in [2.24, 2.45) is 34.5 Å². The van der Waals surface area contributed by atoms with E-state index in [0.29, 0.717) is 18.3 Å². The van der Waals surface area contributed by atoms with E-state index in [-0.39, 0.29) is 17.4 Å². The zero-order chi connectivity index (χ0) is 19.8. The molecular formula is C21H32O2. The Hall–Kier alpha value is -0.630. The molecule has 0 spiro atoms. The van der Waals surface area contributed by atoms with Gasteiger partial charge in [-0.3, -0.25) is 4.79 Å². The van der Waals surface area contributed by atoms with Crippen molar-refractivity contribution in [3.05, 3.63) is 11.6 Å². The van der Waals surface area contributed by atoms with Crippen LogP contribution < -0.4 is 0 Å². The molecule has 7 atom stereocenters. The topological polar surface area (TPSA) is 37.3 Å². The lowest BCUT2D eigenvalue weighted by atomic mass is 9.47. The van der Waals surface area contributed by atoms with Crippen LogP contribution in [-0.4, -0.2) is 17.0 Å². The third-order valence-corrected chi connectivity index (χ3v) is 8.14. The molecular weight excluding hydrogens is 284 g/mol. The van der Waals surface area contributed by atoms with Gasteiger partial charge in [-0.2, -0.15) is 0 Å². The van der Waals surface area contributed by atoms with E-state index in [4.69, 9.17) is 5.48 Å². The van der Waals surface area contributed by atoms with E-state index >= 15 is 0 Å². The first kappa shape index (κ1) is 11.8. The highest BCUT2D eigenvalue weighted by molar-refractivity contribution is 5.79. The molecule has 1 unspecified atom stereocenters. The van der Waals surface area contributed by atoms with Crippen LogP contribution in [0.1, 0.15) is 77.5 Å². The highest BCUT2D eigenvalue weighted by Crippen LogP contribution is 2.66. The van der Waals surface area contributed by atoms with Crippen LogP contribution in [0, 0.1) is 34.5 Å². The summed E-state index contributed by atoms with van der Waals surface area (Å²) in [6.45, 7) is 1.67. The van der Waals surface area contributed by atoms with Gasteiger partial charge in [0.05, 0.1) is 6.10 Å². The van der Waals surface area contributed by atoms with Crippen molar-refractivity contribution in [2.75, 3.05) is 0 Å². The average molecular weight is 321 g/mol. The average Bonchev–Trinajstić information content (AvgIpc) is 2.86. The van der Waals surface area contributed by atoms with Crippen molar-refractivity contribution in [3.8, 4) is 0 Å². The lowest BCUT2D eigenvalue weighted by Gasteiger charge is -2.57. The number of hydrogen-bond donors (Lipinski definition) is 1. The first-order chi connectivity index (χ1) is 12.4.